The quantitative estimate of drug-likeness (QED) is 0.729. The summed E-state index contributed by atoms with van der Waals surface area (Å²) in [6.07, 6.45) is 3.43. The zero-order valence-corrected chi connectivity index (χ0v) is 12.4. The van der Waals surface area contributed by atoms with Crippen molar-refractivity contribution < 1.29 is 14.7 Å². The fraction of sp³-hybridized carbons (Fsp3) is 0.867. The average molecular weight is 295 g/mol. The number of carbonyl (C=O) groups is 2. The normalized spacial score (nSPS) is 36.7. The van der Waals surface area contributed by atoms with Gasteiger partial charge in [-0.3, -0.25) is 14.5 Å². The van der Waals surface area contributed by atoms with Gasteiger partial charge in [-0.25, -0.2) is 0 Å². The first-order valence-corrected chi connectivity index (χ1v) is 8.02. The third kappa shape index (κ3) is 3.06. The number of carbonyl (C=O) groups excluding carboxylic acids is 2. The predicted molar refractivity (Wildman–Crippen MR) is 77.2 cm³/mol. The lowest BCUT2D eigenvalue weighted by Gasteiger charge is -2.32. The van der Waals surface area contributed by atoms with Crippen LogP contribution in [0.2, 0.25) is 0 Å². The number of hydrogen-bond acceptors (Lipinski definition) is 4. The maximum absolute atomic E-state index is 12.4. The Morgan fingerprint density at radius 2 is 1.95 bits per heavy atom. The fourth-order valence-corrected chi connectivity index (χ4v) is 4.19. The SMILES string of the molecule is NC(=O)C1CCCN(C(=O)CN2CC3CCC(O)C3C2)C1. The van der Waals surface area contributed by atoms with Gasteiger partial charge in [-0.05, 0) is 31.6 Å². The molecule has 6 nitrogen and oxygen atoms in total. The Morgan fingerprint density at radius 1 is 1.14 bits per heavy atom. The van der Waals surface area contributed by atoms with E-state index in [2.05, 4.69) is 4.90 Å². The Balaban J connectivity index is 1.51. The number of hydrogen-bond donors (Lipinski definition) is 2. The second-order valence-corrected chi connectivity index (χ2v) is 6.84. The minimum atomic E-state index is -0.300. The molecule has 3 N–H and O–H groups in total. The number of likely N-dealkylation sites (tertiary alicyclic amines) is 2. The first-order valence-electron chi connectivity index (χ1n) is 8.02. The Bertz CT molecular complexity index is 428. The van der Waals surface area contributed by atoms with Gasteiger partial charge in [0.05, 0.1) is 18.6 Å². The number of aliphatic hydroxyl groups excluding tert-OH is 1. The second-order valence-electron chi connectivity index (χ2n) is 6.84. The van der Waals surface area contributed by atoms with E-state index in [-0.39, 0.29) is 23.8 Å². The van der Waals surface area contributed by atoms with E-state index in [1.807, 2.05) is 0 Å². The third-order valence-corrected chi connectivity index (χ3v) is 5.43. The molecule has 1 aliphatic carbocycles. The summed E-state index contributed by atoms with van der Waals surface area (Å²) in [7, 11) is 0. The lowest BCUT2D eigenvalue weighted by Crippen LogP contribution is -2.47. The molecule has 1 saturated carbocycles. The summed E-state index contributed by atoms with van der Waals surface area (Å²) in [6.45, 7) is 3.35. The van der Waals surface area contributed by atoms with Crippen LogP contribution in [0, 0.1) is 17.8 Å². The summed E-state index contributed by atoms with van der Waals surface area (Å²) in [5, 5.41) is 9.92. The highest BCUT2D eigenvalue weighted by molar-refractivity contribution is 5.81. The van der Waals surface area contributed by atoms with Gasteiger partial charge in [-0.1, -0.05) is 0 Å². The van der Waals surface area contributed by atoms with Crippen molar-refractivity contribution in [2.24, 2.45) is 23.5 Å². The molecule has 4 unspecified atom stereocenters. The standard InChI is InChI=1S/C15H25N3O3/c16-15(21)11-2-1-5-18(7-11)14(20)9-17-6-10-3-4-13(19)12(10)8-17/h10-13,19H,1-9H2,(H2,16,21). The molecule has 2 heterocycles. The zero-order chi connectivity index (χ0) is 15.0. The molecule has 21 heavy (non-hydrogen) atoms. The summed E-state index contributed by atoms with van der Waals surface area (Å²) >= 11 is 0. The van der Waals surface area contributed by atoms with E-state index in [1.54, 1.807) is 4.90 Å². The van der Waals surface area contributed by atoms with Crippen molar-refractivity contribution in [2.45, 2.75) is 31.8 Å². The molecule has 3 rings (SSSR count). The van der Waals surface area contributed by atoms with E-state index in [0.29, 0.717) is 24.9 Å². The Kier molecular flexibility index (Phi) is 4.17. The molecular weight excluding hydrogens is 270 g/mol. The lowest BCUT2D eigenvalue weighted by molar-refractivity contribution is -0.135. The summed E-state index contributed by atoms with van der Waals surface area (Å²) < 4.78 is 0. The van der Waals surface area contributed by atoms with Crippen LogP contribution in [0.1, 0.15) is 25.7 Å². The van der Waals surface area contributed by atoms with Crippen LogP contribution in [0.25, 0.3) is 0 Å². The summed E-state index contributed by atoms with van der Waals surface area (Å²) in [4.78, 5) is 27.6. The molecule has 118 valence electrons. The van der Waals surface area contributed by atoms with E-state index < -0.39 is 0 Å². The van der Waals surface area contributed by atoms with Crippen molar-refractivity contribution in [1.29, 1.82) is 0 Å². The van der Waals surface area contributed by atoms with Gasteiger partial charge in [0.15, 0.2) is 0 Å². The van der Waals surface area contributed by atoms with Gasteiger partial charge >= 0.3 is 0 Å². The first kappa shape index (κ1) is 14.8. The van der Waals surface area contributed by atoms with Crippen LogP contribution in [0.4, 0.5) is 0 Å². The monoisotopic (exact) mass is 295 g/mol. The minimum absolute atomic E-state index is 0.0930. The molecule has 2 aliphatic heterocycles. The van der Waals surface area contributed by atoms with E-state index in [0.717, 1.165) is 45.3 Å². The molecule has 6 heteroatoms. The van der Waals surface area contributed by atoms with Gasteiger partial charge in [-0.2, -0.15) is 0 Å². The lowest BCUT2D eigenvalue weighted by atomic mass is 9.97. The number of rotatable bonds is 3. The zero-order valence-electron chi connectivity index (χ0n) is 12.4. The second kappa shape index (κ2) is 5.93. The number of fused-ring (bicyclic) bond motifs is 1. The van der Waals surface area contributed by atoms with Gasteiger partial charge in [0.1, 0.15) is 0 Å². The average Bonchev–Trinajstić information content (AvgIpc) is 3.01. The molecule has 0 bridgehead atoms. The summed E-state index contributed by atoms with van der Waals surface area (Å²) in [5.74, 6) is 0.495. The fourth-order valence-electron chi connectivity index (χ4n) is 4.19. The van der Waals surface area contributed by atoms with Gasteiger partial charge < -0.3 is 15.7 Å². The van der Waals surface area contributed by atoms with E-state index >= 15 is 0 Å². The molecule has 0 aromatic carbocycles. The van der Waals surface area contributed by atoms with Crippen LogP contribution in [0.3, 0.4) is 0 Å². The van der Waals surface area contributed by atoms with Gasteiger partial charge in [-0.15, -0.1) is 0 Å². The third-order valence-electron chi connectivity index (χ3n) is 5.43. The molecule has 2 saturated heterocycles. The number of nitrogens with two attached hydrogens (primary N) is 1. The maximum atomic E-state index is 12.4. The topological polar surface area (TPSA) is 86.9 Å². The molecule has 0 spiro atoms. The molecule has 2 amide bonds. The van der Waals surface area contributed by atoms with Crippen molar-refractivity contribution >= 4 is 11.8 Å². The van der Waals surface area contributed by atoms with Crippen molar-refractivity contribution in [2.75, 3.05) is 32.7 Å². The molecular formula is C15H25N3O3. The van der Waals surface area contributed by atoms with Gasteiger partial charge in [0, 0.05) is 32.1 Å². The number of primary amides is 1. The van der Waals surface area contributed by atoms with Crippen LogP contribution in [0.5, 0.6) is 0 Å². The van der Waals surface area contributed by atoms with Crippen molar-refractivity contribution in [3.8, 4) is 0 Å². The predicted octanol–water partition coefficient (Wildman–Crippen LogP) is -0.587. The molecule has 3 fully saturated rings. The number of amides is 2. The highest BCUT2D eigenvalue weighted by Gasteiger charge is 2.42. The van der Waals surface area contributed by atoms with E-state index in [9.17, 15) is 14.7 Å². The Morgan fingerprint density at radius 3 is 2.67 bits per heavy atom. The van der Waals surface area contributed by atoms with Gasteiger partial charge in [0.2, 0.25) is 11.8 Å². The molecule has 0 aromatic rings. The number of nitrogens with zero attached hydrogens (tertiary/aromatic N) is 2. The van der Waals surface area contributed by atoms with Crippen LogP contribution in [0.15, 0.2) is 0 Å². The van der Waals surface area contributed by atoms with Crippen LogP contribution in [-0.2, 0) is 9.59 Å². The molecule has 4 atom stereocenters. The Labute approximate surface area is 125 Å². The molecule has 3 aliphatic rings. The van der Waals surface area contributed by atoms with E-state index in [1.165, 1.54) is 0 Å². The van der Waals surface area contributed by atoms with Crippen LogP contribution < -0.4 is 5.73 Å². The summed E-state index contributed by atoms with van der Waals surface area (Å²) in [5.41, 5.74) is 5.36. The molecule has 0 radical (unpaired) electrons. The van der Waals surface area contributed by atoms with Crippen molar-refractivity contribution in [3.05, 3.63) is 0 Å². The highest BCUT2D eigenvalue weighted by Crippen LogP contribution is 2.37. The van der Waals surface area contributed by atoms with Crippen molar-refractivity contribution in [3.63, 3.8) is 0 Å². The Hall–Kier alpha value is -1.14. The van der Waals surface area contributed by atoms with E-state index in [4.69, 9.17) is 5.73 Å². The van der Waals surface area contributed by atoms with Crippen LogP contribution in [-0.4, -0.2) is 65.5 Å². The smallest absolute Gasteiger partial charge is 0.236 e. The first-order chi connectivity index (χ1) is 10.0. The van der Waals surface area contributed by atoms with Gasteiger partial charge in [0.25, 0.3) is 0 Å². The number of piperidine rings is 1. The largest absolute Gasteiger partial charge is 0.393 e. The van der Waals surface area contributed by atoms with Crippen molar-refractivity contribution in [1.82, 2.24) is 9.80 Å². The highest BCUT2D eigenvalue weighted by atomic mass is 16.3. The minimum Gasteiger partial charge on any atom is -0.393 e. The summed E-state index contributed by atoms with van der Waals surface area (Å²) in [6, 6.07) is 0. The maximum Gasteiger partial charge on any atom is 0.236 e. The number of aliphatic hydroxyl groups is 1. The molecule has 0 aromatic heterocycles. The van der Waals surface area contributed by atoms with Crippen LogP contribution >= 0.6 is 0 Å².